The number of likely N-dealkylation sites (tertiary alicyclic amines) is 1. The summed E-state index contributed by atoms with van der Waals surface area (Å²) in [6, 6.07) is 4.51. The fraction of sp³-hybridized carbons (Fsp3) is 0.571. The van der Waals surface area contributed by atoms with Crippen molar-refractivity contribution in [3.63, 3.8) is 0 Å². The number of methoxy groups -OCH3 is 1. The molecule has 3 N–H and O–H groups in total. The number of rotatable bonds is 5. The monoisotopic (exact) mass is 313 g/mol. The summed E-state index contributed by atoms with van der Waals surface area (Å²) in [5, 5.41) is 0. The molecule has 1 aliphatic heterocycles. The van der Waals surface area contributed by atoms with Crippen LogP contribution in [0.5, 0.6) is 5.75 Å². The zero-order valence-electron chi connectivity index (χ0n) is 12.5. The highest BCUT2D eigenvalue weighted by Crippen LogP contribution is 2.24. The highest BCUT2D eigenvalue weighted by Gasteiger charge is 2.24. The molecular weight excluding hydrogens is 290 g/mol. The van der Waals surface area contributed by atoms with Crippen LogP contribution in [0.4, 0.5) is 5.69 Å². The first kappa shape index (κ1) is 16.1. The van der Waals surface area contributed by atoms with Crippen molar-refractivity contribution in [2.45, 2.75) is 30.7 Å². The first-order valence-corrected chi connectivity index (χ1v) is 8.62. The SMILES string of the molecule is CCN1CCC(NS(=O)(=O)c2ccc(OC)c(N)c2)CC1. The van der Waals surface area contributed by atoms with Crippen LogP contribution in [-0.2, 0) is 10.0 Å². The van der Waals surface area contributed by atoms with Crippen molar-refractivity contribution in [3.05, 3.63) is 18.2 Å². The van der Waals surface area contributed by atoms with E-state index >= 15 is 0 Å². The molecule has 0 amide bonds. The van der Waals surface area contributed by atoms with E-state index in [4.69, 9.17) is 10.5 Å². The molecule has 118 valence electrons. The van der Waals surface area contributed by atoms with E-state index in [9.17, 15) is 8.42 Å². The molecular formula is C14H23N3O3S. The molecule has 0 aromatic heterocycles. The van der Waals surface area contributed by atoms with E-state index < -0.39 is 10.0 Å². The molecule has 21 heavy (non-hydrogen) atoms. The van der Waals surface area contributed by atoms with Crippen LogP contribution in [0.25, 0.3) is 0 Å². The normalized spacial score (nSPS) is 17.8. The van der Waals surface area contributed by atoms with Crippen molar-refractivity contribution in [2.75, 3.05) is 32.5 Å². The highest BCUT2D eigenvalue weighted by molar-refractivity contribution is 7.89. The van der Waals surface area contributed by atoms with Crippen LogP contribution in [0.1, 0.15) is 19.8 Å². The molecule has 0 radical (unpaired) electrons. The van der Waals surface area contributed by atoms with Crippen molar-refractivity contribution < 1.29 is 13.2 Å². The lowest BCUT2D eigenvalue weighted by molar-refractivity contribution is 0.217. The number of nitrogens with two attached hydrogens (primary N) is 1. The molecule has 1 aromatic rings. The van der Waals surface area contributed by atoms with Crippen molar-refractivity contribution in [1.29, 1.82) is 0 Å². The number of anilines is 1. The van der Waals surface area contributed by atoms with Crippen LogP contribution in [0.3, 0.4) is 0 Å². The standard InChI is InChI=1S/C14H23N3O3S/c1-3-17-8-6-11(7-9-17)16-21(18,19)12-4-5-14(20-2)13(15)10-12/h4-5,10-11,16H,3,6-9,15H2,1-2H3. The van der Waals surface area contributed by atoms with Crippen LogP contribution in [0.2, 0.25) is 0 Å². The maximum Gasteiger partial charge on any atom is 0.240 e. The van der Waals surface area contributed by atoms with E-state index in [1.807, 2.05) is 0 Å². The largest absolute Gasteiger partial charge is 0.495 e. The molecule has 0 unspecified atom stereocenters. The van der Waals surface area contributed by atoms with Gasteiger partial charge in [-0.2, -0.15) is 0 Å². The molecule has 1 aliphatic rings. The summed E-state index contributed by atoms with van der Waals surface area (Å²) in [6.45, 7) is 4.97. The summed E-state index contributed by atoms with van der Waals surface area (Å²) in [7, 11) is -2.04. The van der Waals surface area contributed by atoms with E-state index in [1.54, 1.807) is 6.07 Å². The van der Waals surface area contributed by atoms with Gasteiger partial charge >= 0.3 is 0 Å². The van der Waals surface area contributed by atoms with E-state index in [1.165, 1.54) is 19.2 Å². The van der Waals surface area contributed by atoms with E-state index in [0.717, 1.165) is 32.5 Å². The molecule has 7 heteroatoms. The quantitative estimate of drug-likeness (QED) is 0.794. The molecule has 0 bridgehead atoms. The van der Waals surface area contributed by atoms with E-state index in [2.05, 4.69) is 16.5 Å². The molecule has 1 saturated heterocycles. The number of nitrogen functional groups attached to an aromatic ring is 1. The van der Waals surface area contributed by atoms with E-state index in [0.29, 0.717) is 11.4 Å². The Hall–Kier alpha value is -1.31. The molecule has 1 fully saturated rings. The van der Waals surface area contributed by atoms with Gasteiger partial charge in [0.25, 0.3) is 0 Å². The summed E-state index contributed by atoms with van der Waals surface area (Å²) < 4.78 is 32.6. The van der Waals surface area contributed by atoms with Crippen LogP contribution < -0.4 is 15.2 Å². The summed E-state index contributed by atoms with van der Waals surface area (Å²) in [5.74, 6) is 0.477. The van der Waals surface area contributed by atoms with Gasteiger partial charge in [0.05, 0.1) is 17.7 Å². The van der Waals surface area contributed by atoms with Gasteiger partial charge in [0.15, 0.2) is 0 Å². The Morgan fingerprint density at radius 1 is 1.38 bits per heavy atom. The summed E-state index contributed by atoms with van der Waals surface area (Å²) in [4.78, 5) is 2.50. The smallest absolute Gasteiger partial charge is 0.240 e. The van der Waals surface area contributed by atoms with Crippen molar-refractivity contribution in [2.24, 2.45) is 0 Å². The minimum Gasteiger partial charge on any atom is -0.495 e. The molecule has 0 atom stereocenters. The lowest BCUT2D eigenvalue weighted by Gasteiger charge is -2.31. The number of benzene rings is 1. The second-order valence-electron chi connectivity index (χ2n) is 5.23. The predicted octanol–water partition coefficient (Wildman–Crippen LogP) is 1.04. The van der Waals surface area contributed by atoms with Gasteiger partial charge < -0.3 is 15.4 Å². The van der Waals surface area contributed by atoms with Crippen LogP contribution >= 0.6 is 0 Å². The molecule has 0 spiro atoms. The molecule has 1 heterocycles. The number of sulfonamides is 1. The maximum absolute atomic E-state index is 12.4. The summed E-state index contributed by atoms with van der Waals surface area (Å²) >= 11 is 0. The van der Waals surface area contributed by atoms with Gasteiger partial charge in [0, 0.05) is 6.04 Å². The number of hydrogen-bond donors (Lipinski definition) is 2. The Bertz CT molecular complexity index is 581. The second kappa shape index (κ2) is 6.64. The lowest BCUT2D eigenvalue weighted by atomic mass is 10.1. The predicted molar refractivity (Wildman–Crippen MR) is 82.9 cm³/mol. The Labute approximate surface area is 126 Å². The number of nitrogens with zero attached hydrogens (tertiary/aromatic N) is 1. The highest BCUT2D eigenvalue weighted by atomic mass is 32.2. The van der Waals surface area contributed by atoms with Gasteiger partial charge in [-0.3, -0.25) is 0 Å². The third-order valence-electron chi connectivity index (χ3n) is 3.87. The molecule has 1 aromatic carbocycles. The minimum absolute atomic E-state index is 0.0128. The number of ether oxygens (including phenoxy) is 1. The zero-order chi connectivity index (χ0) is 15.5. The second-order valence-corrected chi connectivity index (χ2v) is 6.95. The first-order chi connectivity index (χ1) is 9.96. The Kier molecular flexibility index (Phi) is 5.08. The van der Waals surface area contributed by atoms with E-state index in [-0.39, 0.29) is 10.9 Å². The van der Waals surface area contributed by atoms with Gasteiger partial charge in [-0.15, -0.1) is 0 Å². The Morgan fingerprint density at radius 2 is 2.05 bits per heavy atom. The van der Waals surface area contributed by atoms with Crippen LogP contribution in [0, 0.1) is 0 Å². The average molecular weight is 313 g/mol. The van der Waals surface area contributed by atoms with Crippen LogP contribution in [-0.4, -0.2) is 46.1 Å². The third-order valence-corrected chi connectivity index (χ3v) is 5.39. The van der Waals surface area contributed by atoms with Gasteiger partial charge in [-0.25, -0.2) is 13.1 Å². The van der Waals surface area contributed by atoms with Crippen molar-refractivity contribution in [3.8, 4) is 5.75 Å². The zero-order valence-corrected chi connectivity index (χ0v) is 13.3. The van der Waals surface area contributed by atoms with Gasteiger partial charge in [0.2, 0.25) is 10.0 Å². The van der Waals surface area contributed by atoms with Crippen molar-refractivity contribution >= 4 is 15.7 Å². The maximum atomic E-state index is 12.4. The molecule has 0 aliphatic carbocycles. The first-order valence-electron chi connectivity index (χ1n) is 7.14. The third kappa shape index (κ3) is 3.87. The number of piperidine rings is 1. The number of hydrogen-bond acceptors (Lipinski definition) is 5. The fourth-order valence-electron chi connectivity index (χ4n) is 2.53. The van der Waals surface area contributed by atoms with Crippen molar-refractivity contribution in [1.82, 2.24) is 9.62 Å². The minimum atomic E-state index is -3.54. The Balaban J connectivity index is 2.07. The number of nitrogens with one attached hydrogen (secondary N) is 1. The molecule has 0 saturated carbocycles. The lowest BCUT2D eigenvalue weighted by Crippen LogP contribution is -2.44. The van der Waals surface area contributed by atoms with Crippen LogP contribution in [0.15, 0.2) is 23.1 Å². The topological polar surface area (TPSA) is 84.7 Å². The van der Waals surface area contributed by atoms with Gasteiger partial charge in [-0.05, 0) is 50.7 Å². The average Bonchev–Trinajstić information content (AvgIpc) is 2.47. The molecule has 2 rings (SSSR count). The summed E-state index contributed by atoms with van der Waals surface area (Å²) in [5.41, 5.74) is 6.09. The Morgan fingerprint density at radius 3 is 2.57 bits per heavy atom. The van der Waals surface area contributed by atoms with Gasteiger partial charge in [-0.1, -0.05) is 6.92 Å². The fourth-order valence-corrected chi connectivity index (χ4v) is 3.87. The molecule has 6 nitrogen and oxygen atoms in total. The van der Waals surface area contributed by atoms with Gasteiger partial charge in [0.1, 0.15) is 5.75 Å². The summed E-state index contributed by atoms with van der Waals surface area (Å²) in [6.07, 6.45) is 1.66.